The van der Waals surface area contributed by atoms with Gasteiger partial charge in [-0.05, 0) is 41.2 Å². The Labute approximate surface area is 132 Å². The van der Waals surface area contributed by atoms with Crippen LogP contribution in [-0.2, 0) is 9.53 Å². The van der Waals surface area contributed by atoms with Gasteiger partial charge in [-0.1, -0.05) is 0 Å². The van der Waals surface area contributed by atoms with Gasteiger partial charge in [-0.2, -0.15) is 0 Å². The standard InChI is InChI=1S/C14H18BrN3O3/c1-17-4-6-18(7-5-17)13(19)9-21-14(20)11-8-10(16)2-3-12(11)15/h2-3,8H,4-7,9,16H2,1H3. The number of anilines is 1. The molecule has 0 spiro atoms. The van der Waals surface area contributed by atoms with Crippen molar-refractivity contribution in [3.8, 4) is 0 Å². The molecule has 0 saturated carbocycles. The van der Waals surface area contributed by atoms with Crippen molar-refractivity contribution in [1.82, 2.24) is 9.80 Å². The lowest BCUT2D eigenvalue weighted by atomic mass is 10.2. The Bertz CT molecular complexity index is 542. The Balaban J connectivity index is 1.89. The van der Waals surface area contributed by atoms with E-state index in [1.807, 2.05) is 7.05 Å². The van der Waals surface area contributed by atoms with Gasteiger partial charge in [-0.3, -0.25) is 4.79 Å². The third-order valence-corrected chi connectivity index (χ3v) is 4.08. The summed E-state index contributed by atoms with van der Waals surface area (Å²) in [6.45, 7) is 2.74. The van der Waals surface area contributed by atoms with Crippen molar-refractivity contribution < 1.29 is 14.3 Å². The zero-order valence-electron chi connectivity index (χ0n) is 11.8. The molecule has 0 atom stereocenters. The van der Waals surface area contributed by atoms with Gasteiger partial charge in [0.1, 0.15) is 0 Å². The molecule has 0 aromatic heterocycles. The topological polar surface area (TPSA) is 75.9 Å². The predicted octanol–water partition coefficient (Wildman–Crippen LogP) is 0.962. The van der Waals surface area contributed by atoms with Gasteiger partial charge in [-0.15, -0.1) is 0 Å². The minimum absolute atomic E-state index is 0.170. The predicted molar refractivity (Wildman–Crippen MR) is 82.9 cm³/mol. The highest BCUT2D eigenvalue weighted by atomic mass is 79.9. The molecule has 1 amide bonds. The summed E-state index contributed by atoms with van der Waals surface area (Å²) in [4.78, 5) is 27.8. The molecule has 1 aromatic carbocycles. The highest BCUT2D eigenvalue weighted by molar-refractivity contribution is 9.10. The summed E-state index contributed by atoms with van der Waals surface area (Å²) in [5, 5.41) is 0. The van der Waals surface area contributed by atoms with Gasteiger partial charge in [-0.25, -0.2) is 4.79 Å². The van der Waals surface area contributed by atoms with Gasteiger partial charge < -0.3 is 20.3 Å². The summed E-state index contributed by atoms with van der Waals surface area (Å²) < 4.78 is 5.67. The first-order valence-electron chi connectivity index (χ1n) is 6.66. The molecule has 0 bridgehead atoms. The molecule has 7 heteroatoms. The summed E-state index contributed by atoms with van der Waals surface area (Å²) in [7, 11) is 2.01. The Morgan fingerprint density at radius 1 is 1.29 bits per heavy atom. The van der Waals surface area contributed by atoms with E-state index >= 15 is 0 Å². The average molecular weight is 356 g/mol. The van der Waals surface area contributed by atoms with E-state index in [0.29, 0.717) is 28.8 Å². The van der Waals surface area contributed by atoms with E-state index in [-0.39, 0.29) is 12.5 Å². The van der Waals surface area contributed by atoms with E-state index in [1.165, 1.54) is 6.07 Å². The summed E-state index contributed by atoms with van der Waals surface area (Å²) in [5.41, 5.74) is 6.43. The van der Waals surface area contributed by atoms with Crippen LogP contribution in [0.3, 0.4) is 0 Å². The number of rotatable bonds is 3. The van der Waals surface area contributed by atoms with Gasteiger partial charge in [0.2, 0.25) is 0 Å². The molecule has 21 heavy (non-hydrogen) atoms. The summed E-state index contributed by atoms with van der Waals surface area (Å²) in [6.07, 6.45) is 0. The zero-order valence-corrected chi connectivity index (χ0v) is 13.4. The number of nitrogens with two attached hydrogens (primary N) is 1. The number of carbonyl (C=O) groups excluding carboxylic acids is 2. The van der Waals surface area contributed by atoms with Crippen molar-refractivity contribution in [3.63, 3.8) is 0 Å². The molecule has 1 aliphatic heterocycles. The molecule has 1 aliphatic rings. The van der Waals surface area contributed by atoms with Crippen molar-refractivity contribution in [3.05, 3.63) is 28.2 Å². The Morgan fingerprint density at radius 3 is 2.62 bits per heavy atom. The number of nitrogens with zero attached hydrogens (tertiary/aromatic N) is 2. The second kappa shape index (κ2) is 6.91. The fraction of sp³-hybridized carbons (Fsp3) is 0.429. The Hall–Kier alpha value is -1.60. The summed E-state index contributed by atoms with van der Waals surface area (Å²) in [6, 6.07) is 4.87. The third kappa shape index (κ3) is 4.18. The lowest BCUT2D eigenvalue weighted by Gasteiger charge is -2.32. The molecule has 2 N–H and O–H groups in total. The Kier molecular flexibility index (Phi) is 5.19. The first-order valence-corrected chi connectivity index (χ1v) is 7.45. The normalized spacial score (nSPS) is 15.8. The van der Waals surface area contributed by atoms with Gasteiger partial charge in [0.05, 0.1) is 5.56 Å². The number of amides is 1. The zero-order chi connectivity index (χ0) is 15.4. The number of likely N-dealkylation sites (N-methyl/N-ethyl adjacent to an activating group) is 1. The van der Waals surface area contributed by atoms with Crippen LogP contribution in [0.5, 0.6) is 0 Å². The van der Waals surface area contributed by atoms with Gasteiger partial charge in [0, 0.05) is 36.3 Å². The maximum Gasteiger partial charge on any atom is 0.339 e. The monoisotopic (exact) mass is 355 g/mol. The first kappa shape index (κ1) is 15.8. The maximum atomic E-state index is 12.0. The second-order valence-corrected chi connectivity index (χ2v) is 5.85. The van der Waals surface area contributed by atoms with Crippen LogP contribution in [0.4, 0.5) is 5.69 Å². The first-order chi connectivity index (χ1) is 9.97. The number of piperazine rings is 1. The van der Waals surface area contributed by atoms with E-state index in [4.69, 9.17) is 10.5 Å². The van der Waals surface area contributed by atoms with Crippen molar-refractivity contribution in [2.75, 3.05) is 45.6 Å². The van der Waals surface area contributed by atoms with E-state index < -0.39 is 5.97 Å². The highest BCUT2D eigenvalue weighted by Gasteiger charge is 2.21. The average Bonchev–Trinajstić information content (AvgIpc) is 2.47. The largest absolute Gasteiger partial charge is 0.452 e. The summed E-state index contributed by atoms with van der Waals surface area (Å²) in [5.74, 6) is -0.729. The molecule has 2 rings (SSSR count). The van der Waals surface area contributed by atoms with Crippen LogP contribution in [0.1, 0.15) is 10.4 Å². The molecular formula is C14H18BrN3O3. The number of hydrogen-bond donors (Lipinski definition) is 1. The van der Waals surface area contributed by atoms with Crippen molar-refractivity contribution in [2.45, 2.75) is 0 Å². The Morgan fingerprint density at radius 2 is 1.95 bits per heavy atom. The molecule has 0 unspecified atom stereocenters. The minimum atomic E-state index is -0.559. The number of ether oxygens (including phenoxy) is 1. The van der Waals surface area contributed by atoms with Crippen LogP contribution >= 0.6 is 15.9 Å². The van der Waals surface area contributed by atoms with Crippen LogP contribution in [0.2, 0.25) is 0 Å². The molecule has 1 aromatic rings. The van der Waals surface area contributed by atoms with Crippen LogP contribution < -0.4 is 5.73 Å². The second-order valence-electron chi connectivity index (χ2n) is 5.00. The molecule has 114 valence electrons. The third-order valence-electron chi connectivity index (χ3n) is 3.39. The minimum Gasteiger partial charge on any atom is -0.452 e. The van der Waals surface area contributed by atoms with Crippen LogP contribution in [0.25, 0.3) is 0 Å². The summed E-state index contributed by atoms with van der Waals surface area (Å²) >= 11 is 3.26. The van der Waals surface area contributed by atoms with E-state index in [2.05, 4.69) is 20.8 Å². The van der Waals surface area contributed by atoms with E-state index in [1.54, 1.807) is 17.0 Å². The smallest absolute Gasteiger partial charge is 0.339 e. The van der Waals surface area contributed by atoms with E-state index in [9.17, 15) is 9.59 Å². The van der Waals surface area contributed by atoms with Crippen molar-refractivity contribution in [1.29, 1.82) is 0 Å². The van der Waals surface area contributed by atoms with Crippen LogP contribution in [-0.4, -0.2) is 61.5 Å². The fourth-order valence-corrected chi connectivity index (χ4v) is 2.46. The molecule has 1 saturated heterocycles. The van der Waals surface area contributed by atoms with Crippen LogP contribution in [0.15, 0.2) is 22.7 Å². The van der Waals surface area contributed by atoms with E-state index in [0.717, 1.165) is 13.1 Å². The number of carbonyl (C=O) groups is 2. The molecule has 0 radical (unpaired) electrons. The molecular weight excluding hydrogens is 338 g/mol. The number of nitrogen functional groups attached to an aromatic ring is 1. The van der Waals surface area contributed by atoms with Crippen molar-refractivity contribution in [2.24, 2.45) is 0 Å². The van der Waals surface area contributed by atoms with Crippen molar-refractivity contribution >= 4 is 33.5 Å². The number of halogens is 1. The van der Waals surface area contributed by atoms with Gasteiger partial charge in [0.25, 0.3) is 5.91 Å². The molecule has 1 heterocycles. The lowest BCUT2D eigenvalue weighted by molar-refractivity contribution is -0.136. The highest BCUT2D eigenvalue weighted by Crippen LogP contribution is 2.20. The molecule has 0 aliphatic carbocycles. The maximum absolute atomic E-state index is 12.0. The van der Waals surface area contributed by atoms with Gasteiger partial charge >= 0.3 is 5.97 Å². The number of hydrogen-bond acceptors (Lipinski definition) is 5. The number of benzene rings is 1. The number of esters is 1. The lowest BCUT2D eigenvalue weighted by Crippen LogP contribution is -2.48. The van der Waals surface area contributed by atoms with Crippen LogP contribution in [0, 0.1) is 0 Å². The molecule has 6 nitrogen and oxygen atoms in total. The van der Waals surface area contributed by atoms with Gasteiger partial charge in [0.15, 0.2) is 6.61 Å². The quantitative estimate of drug-likeness (QED) is 0.645. The SMILES string of the molecule is CN1CCN(C(=O)COC(=O)c2cc(N)ccc2Br)CC1. The molecule has 1 fully saturated rings. The fourth-order valence-electron chi connectivity index (χ4n) is 2.05.